The lowest BCUT2D eigenvalue weighted by Crippen LogP contribution is -2.36. The van der Waals surface area contributed by atoms with Gasteiger partial charge in [0.2, 0.25) is 5.82 Å². The van der Waals surface area contributed by atoms with Crippen molar-refractivity contribution in [3.05, 3.63) is 78.2 Å². The standard InChI is InChI=1S/C25H20F3N5O3/c26-15-2-1-3-16(12-15)30-25(34)32-19-6-7-21(24(28)23(19)27)36-17-4-5-18-20(13-17)31-22(14-29-18)33-8-10-35-11-9-33/h1-7,12-14H,8-11H2,(H2,30,32,34). The van der Waals surface area contributed by atoms with Gasteiger partial charge in [0.25, 0.3) is 0 Å². The summed E-state index contributed by atoms with van der Waals surface area (Å²) >= 11 is 0. The zero-order valence-corrected chi connectivity index (χ0v) is 18.8. The lowest BCUT2D eigenvalue weighted by molar-refractivity contribution is 0.122. The van der Waals surface area contributed by atoms with Crippen LogP contribution in [0.5, 0.6) is 11.5 Å². The summed E-state index contributed by atoms with van der Waals surface area (Å²) < 4.78 is 53.6. The van der Waals surface area contributed by atoms with Gasteiger partial charge in [-0.15, -0.1) is 0 Å². The van der Waals surface area contributed by atoms with Crippen LogP contribution in [0, 0.1) is 17.5 Å². The topological polar surface area (TPSA) is 88.6 Å². The molecule has 0 atom stereocenters. The summed E-state index contributed by atoms with van der Waals surface area (Å²) in [5, 5.41) is 4.54. The molecule has 3 aromatic carbocycles. The number of nitrogens with zero attached hydrogens (tertiary/aromatic N) is 3. The summed E-state index contributed by atoms with van der Waals surface area (Å²) in [5.74, 6) is -2.60. The number of morpholine rings is 1. The number of anilines is 3. The highest BCUT2D eigenvalue weighted by atomic mass is 19.2. The molecule has 0 radical (unpaired) electrons. The third kappa shape index (κ3) is 5.15. The molecule has 36 heavy (non-hydrogen) atoms. The second kappa shape index (κ2) is 10.1. The number of nitrogens with one attached hydrogen (secondary N) is 2. The number of hydrogen-bond donors (Lipinski definition) is 2. The molecule has 1 saturated heterocycles. The first kappa shape index (κ1) is 23.4. The van der Waals surface area contributed by atoms with Gasteiger partial charge in [-0.2, -0.15) is 4.39 Å². The Bertz CT molecular complexity index is 1430. The third-order valence-electron chi connectivity index (χ3n) is 5.44. The Morgan fingerprint density at radius 2 is 1.78 bits per heavy atom. The summed E-state index contributed by atoms with van der Waals surface area (Å²) in [6.45, 7) is 2.60. The number of halogens is 3. The second-order valence-electron chi connectivity index (χ2n) is 7.91. The van der Waals surface area contributed by atoms with E-state index in [4.69, 9.17) is 9.47 Å². The van der Waals surface area contributed by atoms with Crippen molar-refractivity contribution in [3.8, 4) is 11.5 Å². The average molecular weight is 495 g/mol. The van der Waals surface area contributed by atoms with Crippen LogP contribution in [0.25, 0.3) is 11.0 Å². The summed E-state index contributed by atoms with van der Waals surface area (Å²) in [6, 6.07) is 11.5. The molecule has 1 aromatic heterocycles. The number of urea groups is 1. The number of hydrogen-bond acceptors (Lipinski definition) is 6. The molecule has 0 bridgehead atoms. The van der Waals surface area contributed by atoms with Gasteiger partial charge in [0, 0.05) is 24.8 Å². The minimum Gasteiger partial charge on any atom is -0.454 e. The van der Waals surface area contributed by atoms with E-state index < -0.39 is 29.2 Å². The number of ether oxygens (including phenoxy) is 2. The van der Waals surface area contributed by atoms with Crippen LogP contribution in [0.4, 0.5) is 35.2 Å². The quantitative estimate of drug-likeness (QED) is 0.390. The Labute approximate surface area is 203 Å². The van der Waals surface area contributed by atoms with E-state index in [0.29, 0.717) is 43.2 Å². The first-order valence-electron chi connectivity index (χ1n) is 11.1. The molecule has 2 heterocycles. The van der Waals surface area contributed by atoms with Crippen molar-refractivity contribution in [2.24, 2.45) is 0 Å². The molecular weight excluding hydrogens is 475 g/mol. The van der Waals surface area contributed by atoms with Crippen molar-refractivity contribution in [2.75, 3.05) is 41.8 Å². The van der Waals surface area contributed by atoms with Crippen LogP contribution in [0.2, 0.25) is 0 Å². The van der Waals surface area contributed by atoms with Crippen LogP contribution in [0.1, 0.15) is 0 Å². The molecule has 2 N–H and O–H groups in total. The predicted octanol–water partition coefficient (Wildman–Crippen LogP) is 5.32. The van der Waals surface area contributed by atoms with Gasteiger partial charge in [-0.3, -0.25) is 4.98 Å². The number of carbonyl (C=O) groups is 1. The molecule has 5 rings (SSSR count). The normalized spacial score (nSPS) is 13.5. The Balaban J connectivity index is 1.31. The maximum absolute atomic E-state index is 14.7. The third-order valence-corrected chi connectivity index (χ3v) is 5.44. The van der Waals surface area contributed by atoms with E-state index in [-0.39, 0.29) is 17.2 Å². The molecule has 1 fully saturated rings. The summed E-state index contributed by atoms with van der Waals surface area (Å²) in [7, 11) is 0. The van der Waals surface area contributed by atoms with Gasteiger partial charge in [-0.05, 0) is 42.5 Å². The average Bonchev–Trinajstić information content (AvgIpc) is 2.88. The summed E-state index contributed by atoms with van der Waals surface area (Å²) in [5.41, 5.74) is 0.900. The monoisotopic (exact) mass is 495 g/mol. The largest absolute Gasteiger partial charge is 0.454 e. The van der Waals surface area contributed by atoms with Gasteiger partial charge < -0.3 is 25.0 Å². The van der Waals surface area contributed by atoms with E-state index in [1.807, 2.05) is 0 Å². The lowest BCUT2D eigenvalue weighted by atomic mass is 10.2. The first-order chi connectivity index (χ1) is 17.5. The van der Waals surface area contributed by atoms with E-state index in [0.717, 1.165) is 12.1 Å². The number of amides is 2. The van der Waals surface area contributed by atoms with Gasteiger partial charge in [-0.25, -0.2) is 18.6 Å². The smallest absolute Gasteiger partial charge is 0.323 e. The van der Waals surface area contributed by atoms with Crippen LogP contribution >= 0.6 is 0 Å². The first-order valence-corrected chi connectivity index (χ1v) is 11.1. The highest BCUT2D eigenvalue weighted by Gasteiger charge is 2.18. The fourth-order valence-electron chi connectivity index (χ4n) is 3.67. The number of fused-ring (bicyclic) bond motifs is 1. The molecule has 4 aromatic rings. The van der Waals surface area contributed by atoms with Crippen molar-refractivity contribution >= 4 is 34.3 Å². The number of aromatic nitrogens is 2. The molecule has 184 valence electrons. The molecular formula is C25H20F3N5O3. The minimum atomic E-state index is -1.31. The molecule has 0 unspecified atom stereocenters. The van der Waals surface area contributed by atoms with E-state index in [1.54, 1.807) is 24.4 Å². The molecule has 1 aliphatic rings. The Hall–Kier alpha value is -4.38. The van der Waals surface area contributed by atoms with Gasteiger partial charge in [0.1, 0.15) is 17.4 Å². The molecule has 0 spiro atoms. The SMILES string of the molecule is O=C(Nc1cccc(F)c1)Nc1ccc(Oc2ccc3ncc(N4CCOCC4)nc3c2)c(F)c1F. The van der Waals surface area contributed by atoms with Gasteiger partial charge in [0.15, 0.2) is 11.6 Å². The Morgan fingerprint density at radius 1 is 0.944 bits per heavy atom. The minimum absolute atomic E-state index is 0.157. The van der Waals surface area contributed by atoms with Crippen LogP contribution in [-0.4, -0.2) is 42.3 Å². The van der Waals surface area contributed by atoms with Crippen LogP contribution in [0.3, 0.4) is 0 Å². The second-order valence-corrected chi connectivity index (χ2v) is 7.91. The van der Waals surface area contributed by atoms with Crippen molar-refractivity contribution in [3.63, 3.8) is 0 Å². The molecule has 11 heteroatoms. The van der Waals surface area contributed by atoms with Crippen molar-refractivity contribution < 1.29 is 27.4 Å². The molecule has 8 nitrogen and oxygen atoms in total. The summed E-state index contributed by atoms with van der Waals surface area (Å²) in [6.07, 6.45) is 1.68. The molecule has 0 aliphatic carbocycles. The van der Waals surface area contributed by atoms with Crippen LogP contribution in [-0.2, 0) is 4.74 Å². The maximum atomic E-state index is 14.7. The Kier molecular flexibility index (Phi) is 6.54. The van der Waals surface area contributed by atoms with Crippen LogP contribution < -0.4 is 20.3 Å². The highest BCUT2D eigenvalue weighted by molar-refractivity contribution is 5.99. The van der Waals surface area contributed by atoms with Crippen LogP contribution in [0.15, 0.2) is 60.8 Å². The Morgan fingerprint density at radius 3 is 2.58 bits per heavy atom. The molecule has 0 saturated carbocycles. The predicted molar refractivity (Wildman–Crippen MR) is 128 cm³/mol. The van der Waals surface area contributed by atoms with E-state index in [9.17, 15) is 18.0 Å². The van der Waals surface area contributed by atoms with Crippen molar-refractivity contribution in [1.29, 1.82) is 0 Å². The summed E-state index contributed by atoms with van der Waals surface area (Å²) in [4.78, 5) is 23.2. The van der Waals surface area contributed by atoms with E-state index in [2.05, 4.69) is 25.5 Å². The van der Waals surface area contributed by atoms with Gasteiger partial charge >= 0.3 is 6.03 Å². The fraction of sp³-hybridized carbons (Fsp3) is 0.160. The van der Waals surface area contributed by atoms with Crippen molar-refractivity contribution in [2.45, 2.75) is 0 Å². The van der Waals surface area contributed by atoms with Gasteiger partial charge in [-0.1, -0.05) is 6.07 Å². The van der Waals surface area contributed by atoms with Crippen molar-refractivity contribution in [1.82, 2.24) is 9.97 Å². The van der Waals surface area contributed by atoms with E-state index in [1.165, 1.54) is 24.3 Å². The number of rotatable bonds is 5. The number of benzene rings is 3. The number of carbonyl (C=O) groups excluding carboxylic acids is 1. The van der Waals surface area contributed by atoms with E-state index >= 15 is 0 Å². The maximum Gasteiger partial charge on any atom is 0.323 e. The fourth-order valence-corrected chi connectivity index (χ4v) is 3.67. The lowest BCUT2D eigenvalue weighted by Gasteiger charge is -2.27. The zero-order chi connectivity index (χ0) is 25.1. The highest BCUT2D eigenvalue weighted by Crippen LogP contribution is 2.31. The molecule has 2 amide bonds. The van der Waals surface area contributed by atoms with Gasteiger partial charge in [0.05, 0.1) is 36.1 Å². The molecule has 1 aliphatic heterocycles. The zero-order valence-electron chi connectivity index (χ0n) is 18.8.